The van der Waals surface area contributed by atoms with Crippen LogP contribution in [0.5, 0.6) is 0 Å². The maximum Gasteiger partial charge on any atom is 0.490 e. The number of thiophene rings is 1. The van der Waals surface area contributed by atoms with Gasteiger partial charge in [-0.1, -0.05) is 6.92 Å². The normalized spacial score (nSPS) is 19.2. The van der Waals surface area contributed by atoms with Crippen LogP contribution in [0.1, 0.15) is 25.3 Å². The number of halogens is 3. The molecule has 0 saturated carbocycles. The van der Waals surface area contributed by atoms with Crippen LogP contribution >= 0.6 is 11.3 Å². The summed E-state index contributed by atoms with van der Waals surface area (Å²) in [6, 6.07) is 2.17. The summed E-state index contributed by atoms with van der Waals surface area (Å²) in [4.78, 5) is 13.5. The Hall–Kier alpha value is -1.37. The van der Waals surface area contributed by atoms with Crippen molar-refractivity contribution in [3.63, 3.8) is 0 Å². The molecule has 1 unspecified atom stereocenters. The zero-order valence-corrected chi connectivity index (χ0v) is 11.1. The quantitative estimate of drug-likeness (QED) is 0.860. The molecule has 0 amide bonds. The third-order valence-corrected chi connectivity index (χ3v) is 3.25. The summed E-state index contributed by atoms with van der Waals surface area (Å²) in [5.41, 5.74) is 2.65. The third-order valence-electron chi connectivity index (χ3n) is 2.56. The molecule has 1 aromatic rings. The van der Waals surface area contributed by atoms with Crippen LogP contribution in [-0.2, 0) is 4.79 Å². The van der Waals surface area contributed by atoms with Crippen LogP contribution in [-0.4, -0.2) is 29.5 Å². The van der Waals surface area contributed by atoms with Crippen LogP contribution in [0.2, 0.25) is 0 Å². The first kappa shape index (κ1) is 15.7. The summed E-state index contributed by atoms with van der Waals surface area (Å²) in [5, 5.41) is 11.4. The lowest BCUT2D eigenvalue weighted by atomic mass is 9.97. The number of carboxylic acids is 1. The Morgan fingerprint density at radius 1 is 1.53 bits per heavy atom. The molecular formula is C12H14F3NO2S. The minimum absolute atomic E-state index is 0.785. The lowest BCUT2D eigenvalue weighted by Gasteiger charge is -2.16. The first-order valence-corrected chi connectivity index (χ1v) is 6.61. The molecule has 0 radical (unpaired) electrons. The highest BCUT2D eigenvalue weighted by molar-refractivity contribution is 7.08. The highest BCUT2D eigenvalue weighted by Gasteiger charge is 2.38. The van der Waals surface area contributed by atoms with Gasteiger partial charge >= 0.3 is 12.1 Å². The monoisotopic (exact) mass is 293 g/mol. The molecule has 1 aromatic heterocycles. The molecule has 1 atom stereocenters. The van der Waals surface area contributed by atoms with Crippen molar-refractivity contribution in [3.8, 4) is 0 Å². The number of nitrogens with zero attached hydrogens (tertiary/aromatic N) is 1. The van der Waals surface area contributed by atoms with Crippen LogP contribution in [0.15, 0.2) is 21.8 Å². The lowest BCUT2D eigenvalue weighted by molar-refractivity contribution is -0.192. The highest BCUT2D eigenvalue weighted by atomic mass is 32.1. The van der Waals surface area contributed by atoms with Crippen molar-refractivity contribution < 1.29 is 23.1 Å². The van der Waals surface area contributed by atoms with Gasteiger partial charge in [-0.05, 0) is 35.6 Å². The van der Waals surface area contributed by atoms with E-state index in [1.165, 1.54) is 17.7 Å². The summed E-state index contributed by atoms with van der Waals surface area (Å²) in [6.07, 6.45) is -2.62. The Morgan fingerprint density at radius 3 is 2.53 bits per heavy atom. The largest absolute Gasteiger partial charge is 0.490 e. The Bertz CT molecular complexity index is 440. The second-order valence-electron chi connectivity index (χ2n) is 4.25. The van der Waals surface area contributed by atoms with Crippen LogP contribution in [0.3, 0.4) is 0 Å². The molecule has 0 fully saturated rings. The minimum atomic E-state index is -5.08. The summed E-state index contributed by atoms with van der Waals surface area (Å²) < 4.78 is 31.7. The number of aliphatic imine (C=N–C) groups is 1. The Kier molecular flexibility index (Phi) is 5.53. The number of hydrogen-bond acceptors (Lipinski definition) is 3. The molecule has 7 heteroatoms. The van der Waals surface area contributed by atoms with E-state index in [0.29, 0.717) is 0 Å². The standard InChI is InChI=1S/C10H13NS.C2HF3O2/c1-8-2-3-10(11-6-8)9-4-5-12-7-9;3-2(4,5)1(6)7/h4-5,7-8H,2-3,6H2,1H3;(H,6,7). The van der Waals surface area contributed by atoms with Gasteiger partial charge in [0.25, 0.3) is 0 Å². The highest BCUT2D eigenvalue weighted by Crippen LogP contribution is 2.19. The van der Waals surface area contributed by atoms with E-state index < -0.39 is 12.1 Å². The molecule has 0 spiro atoms. The fourth-order valence-corrected chi connectivity index (χ4v) is 2.15. The van der Waals surface area contributed by atoms with Gasteiger partial charge < -0.3 is 5.11 Å². The van der Waals surface area contributed by atoms with E-state index in [4.69, 9.17) is 9.90 Å². The fourth-order valence-electron chi connectivity index (χ4n) is 1.48. The molecule has 1 aliphatic rings. The Morgan fingerprint density at radius 2 is 2.16 bits per heavy atom. The Balaban J connectivity index is 0.000000224. The molecule has 0 aromatic carbocycles. The van der Waals surface area contributed by atoms with Crippen molar-refractivity contribution in [3.05, 3.63) is 22.4 Å². The molecular weight excluding hydrogens is 279 g/mol. The first-order chi connectivity index (χ1) is 8.80. The summed E-state index contributed by atoms with van der Waals surface area (Å²) in [6.45, 7) is 3.29. The molecule has 3 nitrogen and oxygen atoms in total. The maximum absolute atomic E-state index is 10.6. The summed E-state index contributed by atoms with van der Waals surface area (Å²) in [7, 11) is 0. The van der Waals surface area contributed by atoms with Crippen LogP contribution in [0.25, 0.3) is 0 Å². The van der Waals surface area contributed by atoms with Crippen LogP contribution in [0, 0.1) is 5.92 Å². The van der Waals surface area contributed by atoms with Gasteiger partial charge in [-0.3, -0.25) is 4.99 Å². The molecule has 0 bridgehead atoms. The van der Waals surface area contributed by atoms with E-state index in [-0.39, 0.29) is 0 Å². The number of hydrogen-bond donors (Lipinski definition) is 1. The number of rotatable bonds is 1. The predicted octanol–water partition coefficient (Wildman–Crippen LogP) is 3.60. The van der Waals surface area contributed by atoms with Crippen molar-refractivity contribution in [2.45, 2.75) is 25.9 Å². The molecule has 1 aliphatic heterocycles. The molecule has 19 heavy (non-hydrogen) atoms. The van der Waals surface area contributed by atoms with Gasteiger partial charge in [-0.25, -0.2) is 4.79 Å². The maximum atomic E-state index is 10.6. The van der Waals surface area contributed by atoms with Crippen LogP contribution < -0.4 is 0 Å². The van der Waals surface area contributed by atoms with Gasteiger partial charge in [-0.15, -0.1) is 0 Å². The minimum Gasteiger partial charge on any atom is -0.475 e. The lowest BCUT2D eigenvalue weighted by Crippen LogP contribution is -2.21. The van der Waals surface area contributed by atoms with E-state index >= 15 is 0 Å². The van der Waals surface area contributed by atoms with Gasteiger partial charge in [0.1, 0.15) is 0 Å². The van der Waals surface area contributed by atoms with Crippen molar-refractivity contribution >= 4 is 23.0 Å². The first-order valence-electron chi connectivity index (χ1n) is 5.66. The van der Waals surface area contributed by atoms with E-state index in [1.54, 1.807) is 11.3 Å². The van der Waals surface area contributed by atoms with E-state index in [2.05, 4.69) is 28.7 Å². The van der Waals surface area contributed by atoms with Gasteiger partial charge in [0.15, 0.2) is 0 Å². The number of carboxylic acid groups (broad SMARTS) is 1. The van der Waals surface area contributed by atoms with Gasteiger partial charge in [-0.2, -0.15) is 24.5 Å². The van der Waals surface area contributed by atoms with Crippen molar-refractivity contribution in [1.29, 1.82) is 0 Å². The van der Waals surface area contributed by atoms with Crippen molar-refractivity contribution in [1.82, 2.24) is 0 Å². The average molecular weight is 293 g/mol. The second-order valence-corrected chi connectivity index (χ2v) is 5.03. The second kappa shape index (κ2) is 6.70. The van der Waals surface area contributed by atoms with Crippen molar-refractivity contribution in [2.75, 3.05) is 6.54 Å². The summed E-state index contributed by atoms with van der Waals surface area (Å²) in [5.74, 6) is -1.97. The number of aliphatic carboxylic acids is 1. The number of carbonyl (C=O) groups is 1. The Labute approximate surface area is 112 Å². The zero-order chi connectivity index (χ0) is 14.5. The van der Waals surface area contributed by atoms with E-state index in [1.807, 2.05) is 0 Å². The van der Waals surface area contributed by atoms with E-state index in [0.717, 1.165) is 18.9 Å². The van der Waals surface area contributed by atoms with Gasteiger partial charge in [0.2, 0.25) is 0 Å². The molecule has 0 saturated heterocycles. The molecule has 1 N–H and O–H groups in total. The molecule has 106 valence electrons. The predicted molar refractivity (Wildman–Crippen MR) is 67.8 cm³/mol. The zero-order valence-electron chi connectivity index (χ0n) is 10.3. The third kappa shape index (κ3) is 5.42. The summed E-state index contributed by atoms with van der Waals surface area (Å²) >= 11 is 1.75. The van der Waals surface area contributed by atoms with Crippen LogP contribution in [0.4, 0.5) is 13.2 Å². The topological polar surface area (TPSA) is 49.7 Å². The van der Waals surface area contributed by atoms with Crippen molar-refractivity contribution in [2.24, 2.45) is 10.9 Å². The molecule has 0 aliphatic carbocycles. The van der Waals surface area contributed by atoms with Gasteiger partial charge in [0.05, 0.1) is 0 Å². The number of alkyl halides is 3. The molecule has 2 rings (SSSR count). The SMILES string of the molecule is CC1CCC(c2ccsc2)=NC1.O=C(O)C(F)(F)F. The van der Waals surface area contributed by atoms with E-state index in [9.17, 15) is 13.2 Å². The smallest absolute Gasteiger partial charge is 0.475 e. The average Bonchev–Trinajstić information content (AvgIpc) is 2.83. The molecule has 2 heterocycles. The van der Waals surface area contributed by atoms with Gasteiger partial charge in [0, 0.05) is 17.8 Å². The fraction of sp³-hybridized carbons (Fsp3) is 0.500.